The number of halogens is 1. The number of nitrogens with zero attached hydrogens (tertiary/aromatic N) is 1. The molecule has 0 unspecified atom stereocenters. The molecule has 0 radical (unpaired) electrons. The van der Waals surface area contributed by atoms with Gasteiger partial charge in [-0.3, -0.25) is 4.79 Å². The zero-order valence-corrected chi connectivity index (χ0v) is 15.0. The molecule has 0 heterocycles. The zero-order chi connectivity index (χ0) is 16.9. The molecule has 0 saturated carbocycles. The minimum absolute atomic E-state index is 0.00444. The van der Waals surface area contributed by atoms with Gasteiger partial charge in [0.25, 0.3) is 5.91 Å². The summed E-state index contributed by atoms with van der Waals surface area (Å²) < 4.78 is 0.962. The fraction of sp³-hybridized carbons (Fsp3) is 0.0952. The summed E-state index contributed by atoms with van der Waals surface area (Å²) in [6.45, 7) is 2.58. The average molecular weight is 380 g/mol. The summed E-state index contributed by atoms with van der Waals surface area (Å²) in [6, 6.07) is 25.6. The first-order valence-electron chi connectivity index (χ1n) is 7.81. The third-order valence-corrected chi connectivity index (χ3v) is 4.39. The van der Waals surface area contributed by atoms with E-state index < -0.39 is 0 Å². The number of rotatable bonds is 4. The van der Waals surface area contributed by atoms with Gasteiger partial charge in [-0.05, 0) is 48.9 Å². The molecule has 0 N–H and O–H groups in total. The Morgan fingerprint density at radius 1 is 0.875 bits per heavy atom. The monoisotopic (exact) mass is 379 g/mol. The normalized spacial score (nSPS) is 10.4. The highest BCUT2D eigenvalue weighted by Crippen LogP contribution is 2.22. The van der Waals surface area contributed by atoms with Crippen LogP contribution < -0.4 is 4.90 Å². The first-order chi connectivity index (χ1) is 11.6. The minimum Gasteiger partial charge on any atom is -0.304 e. The van der Waals surface area contributed by atoms with Gasteiger partial charge in [-0.2, -0.15) is 0 Å². The maximum atomic E-state index is 13.1. The van der Waals surface area contributed by atoms with Crippen LogP contribution in [0.15, 0.2) is 83.3 Å². The Labute approximate surface area is 150 Å². The van der Waals surface area contributed by atoms with Gasteiger partial charge in [0.15, 0.2) is 0 Å². The summed E-state index contributed by atoms with van der Waals surface area (Å²) in [5.41, 5.74) is 3.85. The van der Waals surface area contributed by atoms with Gasteiger partial charge in [0.05, 0.1) is 6.54 Å². The number of carbonyl (C=O) groups excluding carboxylic acids is 1. The smallest absolute Gasteiger partial charge is 0.258 e. The number of anilines is 1. The average Bonchev–Trinajstić information content (AvgIpc) is 2.62. The Balaban J connectivity index is 1.96. The van der Waals surface area contributed by atoms with E-state index in [1.54, 1.807) is 0 Å². The van der Waals surface area contributed by atoms with Crippen LogP contribution in [0.3, 0.4) is 0 Å². The molecule has 0 saturated heterocycles. The zero-order valence-electron chi connectivity index (χ0n) is 13.4. The number of benzene rings is 3. The summed E-state index contributed by atoms with van der Waals surface area (Å²) in [4.78, 5) is 14.9. The molecule has 0 aliphatic rings. The highest BCUT2D eigenvalue weighted by Gasteiger charge is 2.18. The third kappa shape index (κ3) is 3.92. The largest absolute Gasteiger partial charge is 0.304 e. The van der Waals surface area contributed by atoms with Crippen molar-refractivity contribution >= 4 is 27.5 Å². The van der Waals surface area contributed by atoms with Crippen LogP contribution >= 0.6 is 15.9 Å². The maximum Gasteiger partial charge on any atom is 0.258 e. The molecule has 3 aromatic carbocycles. The maximum absolute atomic E-state index is 13.1. The fourth-order valence-corrected chi connectivity index (χ4v) is 2.78. The SMILES string of the molecule is Cc1ccc(N(Cc2ccccc2)C(=O)c2ccc(Br)cc2)cc1. The molecular weight excluding hydrogens is 362 g/mol. The number of carbonyl (C=O) groups is 1. The third-order valence-electron chi connectivity index (χ3n) is 3.87. The van der Waals surface area contributed by atoms with Gasteiger partial charge in [-0.1, -0.05) is 64.0 Å². The van der Waals surface area contributed by atoms with Crippen molar-refractivity contribution in [1.82, 2.24) is 0 Å². The molecule has 1 amide bonds. The second-order valence-electron chi connectivity index (χ2n) is 5.72. The van der Waals surface area contributed by atoms with Crippen molar-refractivity contribution in [3.63, 3.8) is 0 Å². The van der Waals surface area contributed by atoms with E-state index in [1.165, 1.54) is 5.56 Å². The lowest BCUT2D eigenvalue weighted by molar-refractivity contribution is 0.0985. The summed E-state index contributed by atoms with van der Waals surface area (Å²) in [5.74, 6) is -0.00444. The first-order valence-corrected chi connectivity index (χ1v) is 8.61. The summed E-state index contributed by atoms with van der Waals surface area (Å²) in [7, 11) is 0. The topological polar surface area (TPSA) is 20.3 Å². The molecule has 0 bridgehead atoms. The molecule has 24 heavy (non-hydrogen) atoms. The van der Waals surface area contributed by atoms with E-state index >= 15 is 0 Å². The standard InChI is InChI=1S/C21H18BrNO/c1-16-7-13-20(14-8-16)23(15-17-5-3-2-4-6-17)21(24)18-9-11-19(22)12-10-18/h2-14H,15H2,1H3. The molecular formula is C21H18BrNO. The summed E-state index contributed by atoms with van der Waals surface area (Å²) in [5, 5.41) is 0. The van der Waals surface area contributed by atoms with E-state index in [0.717, 1.165) is 15.7 Å². The van der Waals surface area contributed by atoms with Gasteiger partial charge in [0, 0.05) is 15.7 Å². The van der Waals surface area contributed by atoms with Gasteiger partial charge < -0.3 is 4.90 Å². The van der Waals surface area contributed by atoms with E-state index in [0.29, 0.717) is 12.1 Å². The van der Waals surface area contributed by atoms with Crippen LogP contribution in [0.4, 0.5) is 5.69 Å². The van der Waals surface area contributed by atoms with Crippen molar-refractivity contribution in [2.45, 2.75) is 13.5 Å². The van der Waals surface area contributed by atoms with Crippen molar-refractivity contribution < 1.29 is 4.79 Å². The minimum atomic E-state index is -0.00444. The van der Waals surface area contributed by atoms with Gasteiger partial charge in [0.2, 0.25) is 0 Å². The first kappa shape index (κ1) is 16.5. The van der Waals surface area contributed by atoms with Crippen molar-refractivity contribution in [2.24, 2.45) is 0 Å². The Kier molecular flexibility index (Phi) is 5.11. The molecule has 3 rings (SSSR count). The molecule has 120 valence electrons. The van der Waals surface area contributed by atoms with Crippen molar-refractivity contribution in [3.05, 3.63) is 100 Å². The van der Waals surface area contributed by atoms with E-state index in [-0.39, 0.29) is 5.91 Å². The molecule has 0 aliphatic heterocycles. The van der Waals surface area contributed by atoms with Crippen LogP contribution in [0, 0.1) is 6.92 Å². The van der Waals surface area contributed by atoms with E-state index in [2.05, 4.69) is 15.9 Å². The van der Waals surface area contributed by atoms with Crippen molar-refractivity contribution in [1.29, 1.82) is 0 Å². The van der Waals surface area contributed by atoms with Crippen LogP contribution in [-0.2, 0) is 6.54 Å². The predicted octanol–water partition coefficient (Wildman–Crippen LogP) is 5.60. The van der Waals surface area contributed by atoms with Crippen molar-refractivity contribution in [2.75, 3.05) is 4.90 Å². The number of hydrogen-bond donors (Lipinski definition) is 0. The van der Waals surface area contributed by atoms with Gasteiger partial charge >= 0.3 is 0 Å². The van der Waals surface area contributed by atoms with E-state index in [1.807, 2.05) is 90.7 Å². The Morgan fingerprint density at radius 2 is 1.50 bits per heavy atom. The van der Waals surface area contributed by atoms with E-state index in [9.17, 15) is 4.79 Å². The Morgan fingerprint density at radius 3 is 2.12 bits per heavy atom. The van der Waals surface area contributed by atoms with E-state index in [4.69, 9.17) is 0 Å². The van der Waals surface area contributed by atoms with Gasteiger partial charge in [0.1, 0.15) is 0 Å². The molecule has 2 nitrogen and oxygen atoms in total. The van der Waals surface area contributed by atoms with Crippen LogP contribution in [0.1, 0.15) is 21.5 Å². The second-order valence-corrected chi connectivity index (χ2v) is 6.64. The highest BCUT2D eigenvalue weighted by molar-refractivity contribution is 9.10. The lowest BCUT2D eigenvalue weighted by Gasteiger charge is -2.23. The molecule has 0 fully saturated rings. The number of amides is 1. The van der Waals surface area contributed by atoms with Gasteiger partial charge in [-0.25, -0.2) is 0 Å². The van der Waals surface area contributed by atoms with Crippen molar-refractivity contribution in [3.8, 4) is 0 Å². The lowest BCUT2D eigenvalue weighted by Crippen LogP contribution is -2.30. The molecule has 0 aliphatic carbocycles. The molecule has 0 aromatic heterocycles. The summed E-state index contributed by atoms with van der Waals surface area (Å²) >= 11 is 3.41. The fourth-order valence-electron chi connectivity index (χ4n) is 2.52. The summed E-state index contributed by atoms with van der Waals surface area (Å²) in [6.07, 6.45) is 0. The van der Waals surface area contributed by atoms with Crippen LogP contribution in [0.25, 0.3) is 0 Å². The highest BCUT2D eigenvalue weighted by atomic mass is 79.9. The molecule has 0 atom stereocenters. The Hall–Kier alpha value is -2.39. The Bertz CT molecular complexity index is 811. The second kappa shape index (κ2) is 7.45. The number of hydrogen-bond acceptors (Lipinski definition) is 1. The van der Waals surface area contributed by atoms with Crippen LogP contribution in [0.2, 0.25) is 0 Å². The molecule has 3 heteroatoms. The van der Waals surface area contributed by atoms with Gasteiger partial charge in [-0.15, -0.1) is 0 Å². The lowest BCUT2D eigenvalue weighted by atomic mass is 10.1. The quantitative estimate of drug-likeness (QED) is 0.577. The van der Waals surface area contributed by atoms with Crippen LogP contribution in [0.5, 0.6) is 0 Å². The molecule has 3 aromatic rings. The number of aryl methyl sites for hydroxylation is 1. The molecule has 0 spiro atoms. The predicted molar refractivity (Wildman–Crippen MR) is 102 cm³/mol. The van der Waals surface area contributed by atoms with Crippen LogP contribution in [-0.4, -0.2) is 5.91 Å².